The topological polar surface area (TPSA) is 62.5 Å². The van der Waals surface area contributed by atoms with Gasteiger partial charge in [-0.05, 0) is 57.3 Å². The van der Waals surface area contributed by atoms with E-state index in [0.29, 0.717) is 23.0 Å². The Hall–Kier alpha value is -5.92. The molecule has 0 saturated heterocycles. The SMILES string of the molecule is N#Cc1ccc(-c2ccc3c(-c4cccc(-c5nc(-c6ccccc6)nc(-c6ccccc6)n5)c4)cccc3c2)cc1. The maximum Gasteiger partial charge on any atom is 0.164 e. The van der Waals surface area contributed by atoms with Crippen LogP contribution in [0.4, 0.5) is 0 Å². The lowest BCUT2D eigenvalue weighted by atomic mass is 9.94. The third kappa shape index (κ3) is 4.92. The van der Waals surface area contributed by atoms with Crippen LogP contribution < -0.4 is 0 Å². The largest absolute Gasteiger partial charge is 0.208 e. The van der Waals surface area contributed by atoms with Gasteiger partial charge in [0.1, 0.15) is 0 Å². The van der Waals surface area contributed by atoms with Gasteiger partial charge in [0.05, 0.1) is 11.6 Å². The van der Waals surface area contributed by atoms with Gasteiger partial charge in [-0.15, -0.1) is 0 Å². The van der Waals surface area contributed by atoms with E-state index in [2.05, 4.69) is 66.7 Å². The maximum absolute atomic E-state index is 9.14. The van der Waals surface area contributed by atoms with E-state index in [4.69, 9.17) is 20.2 Å². The Balaban J connectivity index is 1.31. The molecule has 0 atom stereocenters. The van der Waals surface area contributed by atoms with Crippen LogP contribution in [0.5, 0.6) is 0 Å². The number of nitrogens with zero attached hydrogens (tertiary/aromatic N) is 4. The Morgan fingerprint density at radius 3 is 1.60 bits per heavy atom. The molecule has 0 spiro atoms. The van der Waals surface area contributed by atoms with E-state index in [9.17, 15) is 0 Å². The second-order valence-electron chi connectivity index (χ2n) is 10.0. The molecular formula is C38H24N4. The van der Waals surface area contributed by atoms with Gasteiger partial charge in [0.15, 0.2) is 17.5 Å². The van der Waals surface area contributed by atoms with Crippen molar-refractivity contribution in [2.24, 2.45) is 0 Å². The summed E-state index contributed by atoms with van der Waals surface area (Å²) in [6, 6.07) is 51.2. The second kappa shape index (κ2) is 10.9. The van der Waals surface area contributed by atoms with Crippen LogP contribution in [0.15, 0.2) is 146 Å². The summed E-state index contributed by atoms with van der Waals surface area (Å²) < 4.78 is 0. The fourth-order valence-electron chi connectivity index (χ4n) is 5.22. The highest BCUT2D eigenvalue weighted by atomic mass is 15.0. The van der Waals surface area contributed by atoms with Gasteiger partial charge in [0.2, 0.25) is 0 Å². The van der Waals surface area contributed by atoms with Gasteiger partial charge in [0, 0.05) is 16.7 Å². The zero-order chi connectivity index (χ0) is 28.3. The summed E-state index contributed by atoms with van der Waals surface area (Å²) in [4.78, 5) is 14.6. The van der Waals surface area contributed by atoms with Crippen LogP contribution in [-0.2, 0) is 0 Å². The van der Waals surface area contributed by atoms with Crippen LogP contribution in [0.2, 0.25) is 0 Å². The molecular weight excluding hydrogens is 512 g/mol. The molecule has 7 rings (SSSR count). The Morgan fingerprint density at radius 1 is 0.405 bits per heavy atom. The predicted molar refractivity (Wildman–Crippen MR) is 169 cm³/mol. The number of fused-ring (bicyclic) bond motifs is 1. The second-order valence-corrected chi connectivity index (χ2v) is 10.0. The van der Waals surface area contributed by atoms with E-state index in [0.717, 1.165) is 49.7 Å². The Bertz CT molecular complexity index is 2020. The van der Waals surface area contributed by atoms with Crippen molar-refractivity contribution in [1.29, 1.82) is 5.26 Å². The molecule has 0 N–H and O–H groups in total. The first-order valence-electron chi connectivity index (χ1n) is 13.8. The van der Waals surface area contributed by atoms with Gasteiger partial charge in [-0.1, -0.05) is 121 Å². The fourth-order valence-corrected chi connectivity index (χ4v) is 5.22. The van der Waals surface area contributed by atoms with E-state index < -0.39 is 0 Å². The highest BCUT2D eigenvalue weighted by Gasteiger charge is 2.13. The van der Waals surface area contributed by atoms with E-state index in [-0.39, 0.29) is 0 Å². The van der Waals surface area contributed by atoms with E-state index in [1.54, 1.807) is 0 Å². The monoisotopic (exact) mass is 536 g/mol. The van der Waals surface area contributed by atoms with Crippen molar-refractivity contribution >= 4 is 10.8 Å². The van der Waals surface area contributed by atoms with Crippen molar-refractivity contribution in [3.8, 4) is 62.5 Å². The molecule has 196 valence electrons. The number of aromatic nitrogens is 3. The standard InChI is InChI=1S/C38H24N4/c39-25-26-17-19-27(20-18-26)30-21-22-35-31(23-30)14-8-16-34(35)32-13-7-15-33(24-32)38-41-36(28-9-3-1-4-10-28)40-37(42-38)29-11-5-2-6-12-29/h1-24H. The molecule has 0 radical (unpaired) electrons. The average molecular weight is 537 g/mol. The summed E-state index contributed by atoms with van der Waals surface area (Å²) in [6.45, 7) is 0. The molecule has 1 heterocycles. The summed E-state index contributed by atoms with van der Waals surface area (Å²) in [5.41, 5.74) is 7.91. The molecule has 4 heteroatoms. The molecule has 1 aromatic heterocycles. The zero-order valence-corrected chi connectivity index (χ0v) is 22.6. The first-order chi connectivity index (χ1) is 20.7. The molecule has 42 heavy (non-hydrogen) atoms. The summed E-state index contributed by atoms with van der Waals surface area (Å²) in [7, 11) is 0. The summed E-state index contributed by atoms with van der Waals surface area (Å²) in [5.74, 6) is 1.92. The minimum atomic E-state index is 0.632. The Morgan fingerprint density at radius 2 is 0.952 bits per heavy atom. The van der Waals surface area contributed by atoms with Crippen LogP contribution in [0, 0.1) is 11.3 Å². The molecule has 0 aliphatic carbocycles. The lowest BCUT2D eigenvalue weighted by molar-refractivity contribution is 1.07. The predicted octanol–water partition coefficient (Wildman–Crippen LogP) is 9.23. The first kappa shape index (κ1) is 25.1. The molecule has 0 saturated carbocycles. The average Bonchev–Trinajstić information content (AvgIpc) is 3.08. The molecule has 0 amide bonds. The molecule has 0 aliphatic heterocycles. The molecule has 0 aliphatic rings. The lowest BCUT2D eigenvalue weighted by Gasteiger charge is -2.12. The van der Waals surface area contributed by atoms with Crippen LogP contribution in [0.1, 0.15) is 5.56 Å². The Kier molecular flexibility index (Phi) is 6.52. The smallest absolute Gasteiger partial charge is 0.164 e. The van der Waals surface area contributed by atoms with Crippen LogP contribution in [-0.4, -0.2) is 15.0 Å². The van der Waals surface area contributed by atoms with Crippen molar-refractivity contribution in [1.82, 2.24) is 15.0 Å². The van der Waals surface area contributed by atoms with Crippen molar-refractivity contribution in [2.45, 2.75) is 0 Å². The number of benzene rings is 6. The van der Waals surface area contributed by atoms with Gasteiger partial charge in [-0.25, -0.2) is 15.0 Å². The number of rotatable bonds is 5. The summed E-state index contributed by atoms with van der Waals surface area (Å²) in [5, 5.41) is 11.5. The normalized spacial score (nSPS) is 10.8. The number of hydrogen-bond acceptors (Lipinski definition) is 4. The quantitative estimate of drug-likeness (QED) is 0.220. The van der Waals surface area contributed by atoms with Gasteiger partial charge in [-0.2, -0.15) is 5.26 Å². The van der Waals surface area contributed by atoms with E-state index in [1.807, 2.05) is 84.9 Å². The highest BCUT2D eigenvalue weighted by Crippen LogP contribution is 2.34. The maximum atomic E-state index is 9.14. The summed E-state index contributed by atoms with van der Waals surface area (Å²) in [6.07, 6.45) is 0. The highest BCUT2D eigenvalue weighted by molar-refractivity contribution is 5.99. The molecule has 0 bridgehead atoms. The van der Waals surface area contributed by atoms with E-state index in [1.165, 1.54) is 0 Å². The van der Waals surface area contributed by atoms with Gasteiger partial charge in [-0.3, -0.25) is 0 Å². The summed E-state index contributed by atoms with van der Waals surface area (Å²) >= 11 is 0. The van der Waals surface area contributed by atoms with Crippen molar-refractivity contribution in [2.75, 3.05) is 0 Å². The number of hydrogen-bond donors (Lipinski definition) is 0. The van der Waals surface area contributed by atoms with Gasteiger partial charge < -0.3 is 0 Å². The molecule has 0 fully saturated rings. The molecule has 7 aromatic rings. The van der Waals surface area contributed by atoms with Crippen LogP contribution in [0.3, 0.4) is 0 Å². The van der Waals surface area contributed by atoms with Crippen molar-refractivity contribution < 1.29 is 0 Å². The van der Waals surface area contributed by atoms with Gasteiger partial charge >= 0.3 is 0 Å². The van der Waals surface area contributed by atoms with Crippen molar-refractivity contribution in [3.05, 3.63) is 151 Å². The number of nitriles is 1. The minimum Gasteiger partial charge on any atom is -0.208 e. The van der Waals surface area contributed by atoms with Gasteiger partial charge in [0.25, 0.3) is 0 Å². The van der Waals surface area contributed by atoms with Crippen LogP contribution in [0.25, 0.3) is 67.2 Å². The Labute approximate surface area is 244 Å². The molecule has 6 aromatic carbocycles. The first-order valence-corrected chi connectivity index (χ1v) is 13.8. The van der Waals surface area contributed by atoms with Crippen LogP contribution >= 0.6 is 0 Å². The molecule has 0 unspecified atom stereocenters. The minimum absolute atomic E-state index is 0.632. The third-order valence-corrected chi connectivity index (χ3v) is 7.36. The fraction of sp³-hybridized carbons (Fsp3) is 0. The molecule has 4 nitrogen and oxygen atoms in total. The lowest BCUT2D eigenvalue weighted by Crippen LogP contribution is -2.00. The van der Waals surface area contributed by atoms with E-state index >= 15 is 0 Å². The zero-order valence-electron chi connectivity index (χ0n) is 22.6. The van der Waals surface area contributed by atoms with Crippen molar-refractivity contribution in [3.63, 3.8) is 0 Å². The third-order valence-electron chi connectivity index (χ3n) is 7.36.